The Kier molecular flexibility index (Phi) is 4.55. The van der Waals surface area contributed by atoms with Gasteiger partial charge in [-0.1, -0.05) is 0 Å². The summed E-state index contributed by atoms with van der Waals surface area (Å²) >= 11 is 3.19. The van der Waals surface area contributed by atoms with Crippen LogP contribution < -0.4 is 5.32 Å². The smallest absolute Gasteiger partial charge is 0.207 e. The summed E-state index contributed by atoms with van der Waals surface area (Å²) in [5.41, 5.74) is 1.73. The first-order valence-corrected chi connectivity index (χ1v) is 6.65. The second-order valence-electron chi connectivity index (χ2n) is 4.09. The molecule has 0 spiro atoms. The van der Waals surface area contributed by atoms with E-state index in [2.05, 4.69) is 26.2 Å². The number of hydrogen-bond donors (Lipinski definition) is 1. The molecule has 1 heterocycles. The van der Waals surface area contributed by atoms with Gasteiger partial charge in [0.05, 0.1) is 16.8 Å². The van der Waals surface area contributed by atoms with Crippen LogP contribution in [0, 0.1) is 12.7 Å². The largest absolute Gasteiger partial charge is 0.383 e. The topological polar surface area (TPSA) is 39.1 Å². The fourth-order valence-corrected chi connectivity index (χ4v) is 2.09. The van der Waals surface area contributed by atoms with E-state index in [0.29, 0.717) is 23.6 Å². The highest BCUT2D eigenvalue weighted by Crippen LogP contribution is 2.22. The number of benzene rings is 1. The van der Waals surface area contributed by atoms with Gasteiger partial charge in [0.2, 0.25) is 5.95 Å². The Bertz CT molecular complexity index is 571. The normalized spacial score (nSPS) is 10.7. The molecular weight excluding hydrogens is 313 g/mol. The molecule has 2 rings (SSSR count). The van der Waals surface area contributed by atoms with Crippen LogP contribution in [-0.2, 0) is 4.74 Å². The van der Waals surface area contributed by atoms with Gasteiger partial charge < -0.3 is 10.1 Å². The number of imidazole rings is 1. The zero-order valence-corrected chi connectivity index (χ0v) is 12.4. The predicted molar refractivity (Wildman–Crippen MR) is 76.3 cm³/mol. The Morgan fingerprint density at radius 1 is 1.47 bits per heavy atom. The summed E-state index contributed by atoms with van der Waals surface area (Å²) in [7, 11) is 1.65. The van der Waals surface area contributed by atoms with Gasteiger partial charge in [0, 0.05) is 25.5 Å². The number of nitrogens with one attached hydrogen (secondary N) is 1. The molecule has 0 saturated heterocycles. The van der Waals surface area contributed by atoms with Gasteiger partial charge in [0.15, 0.2) is 0 Å². The first kappa shape index (κ1) is 14.0. The van der Waals surface area contributed by atoms with Crippen molar-refractivity contribution in [3.8, 4) is 5.69 Å². The lowest BCUT2D eigenvalue weighted by Gasteiger charge is -2.10. The van der Waals surface area contributed by atoms with Crippen molar-refractivity contribution in [2.24, 2.45) is 0 Å². The van der Waals surface area contributed by atoms with Gasteiger partial charge in [0.25, 0.3) is 0 Å². The lowest BCUT2D eigenvalue weighted by atomic mass is 10.3. The molecule has 6 heteroatoms. The van der Waals surface area contributed by atoms with E-state index in [-0.39, 0.29) is 5.82 Å². The second kappa shape index (κ2) is 6.16. The standard InChI is InChI=1S/C13H15BrFN3O/c1-9-8-18(13(17-9)16-5-6-19-2)10-3-4-12(15)11(14)7-10/h3-4,7-8H,5-6H2,1-2H3,(H,16,17). The summed E-state index contributed by atoms with van der Waals surface area (Å²) < 4.78 is 20.6. The Morgan fingerprint density at radius 3 is 2.95 bits per heavy atom. The number of methoxy groups -OCH3 is 1. The average molecular weight is 328 g/mol. The van der Waals surface area contributed by atoms with Crippen LogP contribution in [0.3, 0.4) is 0 Å². The first-order chi connectivity index (χ1) is 9.11. The minimum Gasteiger partial charge on any atom is -0.383 e. The van der Waals surface area contributed by atoms with E-state index in [1.54, 1.807) is 19.2 Å². The highest BCUT2D eigenvalue weighted by Gasteiger charge is 2.09. The summed E-state index contributed by atoms with van der Waals surface area (Å²) in [6.45, 7) is 3.17. The van der Waals surface area contributed by atoms with E-state index in [0.717, 1.165) is 11.4 Å². The van der Waals surface area contributed by atoms with Crippen molar-refractivity contribution in [2.75, 3.05) is 25.6 Å². The number of hydrogen-bond acceptors (Lipinski definition) is 3. The molecule has 0 aliphatic carbocycles. The third-order valence-corrected chi connectivity index (χ3v) is 3.20. The molecule has 0 aliphatic rings. The predicted octanol–water partition coefficient (Wildman–Crippen LogP) is 3.14. The lowest BCUT2D eigenvalue weighted by Crippen LogP contribution is -2.11. The number of halogens is 2. The summed E-state index contributed by atoms with van der Waals surface area (Å²) in [5.74, 6) is 0.433. The fourth-order valence-electron chi connectivity index (χ4n) is 1.72. The van der Waals surface area contributed by atoms with Gasteiger partial charge >= 0.3 is 0 Å². The van der Waals surface area contributed by atoms with E-state index >= 15 is 0 Å². The lowest BCUT2D eigenvalue weighted by molar-refractivity contribution is 0.210. The molecule has 4 nitrogen and oxygen atoms in total. The third kappa shape index (κ3) is 3.33. The molecule has 0 amide bonds. The van der Waals surface area contributed by atoms with Crippen LogP contribution in [0.2, 0.25) is 0 Å². The average Bonchev–Trinajstić information content (AvgIpc) is 2.74. The molecule has 102 valence electrons. The number of nitrogens with zero attached hydrogens (tertiary/aromatic N) is 2. The summed E-state index contributed by atoms with van der Waals surface area (Å²) in [4.78, 5) is 4.40. The quantitative estimate of drug-likeness (QED) is 0.857. The van der Waals surface area contributed by atoms with Crippen molar-refractivity contribution in [3.63, 3.8) is 0 Å². The van der Waals surface area contributed by atoms with Gasteiger partial charge in [-0.2, -0.15) is 0 Å². The van der Waals surface area contributed by atoms with Crippen LogP contribution >= 0.6 is 15.9 Å². The van der Waals surface area contributed by atoms with Crippen molar-refractivity contribution < 1.29 is 9.13 Å². The SMILES string of the molecule is COCCNc1nc(C)cn1-c1ccc(F)c(Br)c1. The zero-order chi connectivity index (χ0) is 13.8. The second-order valence-corrected chi connectivity index (χ2v) is 4.95. The van der Waals surface area contributed by atoms with Crippen molar-refractivity contribution in [3.05, 3.63) is 40.4 Å². The van der Waals surface area contributed by atoms with Crippen LogP contribution in [0.25, 0.3) is 5.69 Å². The molecule has 0 aliphatic heterocycles. The first-order valence-electron chi connectivity index (χ1n) is 5.86. The van der Waals surface area contributed by atoms with E-state index < -0.39 is 0 Å². The summed E-state index contributed by atoms with van der Waals surface area (Å²) in [6, 6.07) is 4.86. The zero-order valence-electron chi connectivity index (χ0n) is 10.8. The van der Waals surface area contributed by atoms with Gasteiger partial charge in [-0.25, -0.2) is 9.37 Å². The molecule has 0 radical (unpaired) electrons. The van der Waals surface area contributed by atoms with Crippen LogP contribution in [0.1, 0.15) is 5.69 Å². The van der Waals surface area contributed by atoms with Crippen molar-refractivity contribution in [2.45, 2.75) is 6.92 Å². The maximum absolute atomic E-state index is 13.3. The summed E-state index contributed by atoms with van der Waals surface area (Å²) in [5, 5.41) is 3.19. The number of anilines is 1. The van der Waals surface area contributed by atoms with Crippen LogP contribution in [0.15, 0.2) is 28.9 Å². The van der Waals surface area contributed by atoms with Crippen LogP contribution in [-0.4, -0.2) is 29.8 Å². The molecular formula is C13H15BrFN3O. The molecule has 0 bridgehead atoms. The van der Waals surface area contributed by atoms with Crippen LogP contribution in [0.5, 0.6) is 0 Å². The Balaban J connectivity index is 2.29. The number of aromatic nitrogens is 2. The van der Waals surface area contributed by atoms with E-state index in [4.69, 9.17) is 4.74 Å². The van der Waals surface area contributed by atoms with Gasteiger partial charge in [-0.05, 0) is 41.1 Å². The molecule has 1 aromatic heterocycles. The number of rotatable bonds is 5. The van der Waals surface area contributed by atoms with E-state index in [1.165, 1.54) is 6.07 Å². The van der Waals surface area contributed by atoms with Gasteiger partial charge in [-0.15, -0.1) is 0 Å². The van der Waals surface area contributed by atoms with Crippen LogP contribution in [0.4, 0.5) is 10.3 Å². The molecule has 19 heavy (non-hydrogen) atoms. The molecule has 2 aromatic rings. The van der Waals surface area contributed by atoms with Crippen molar-refractivity contribution in [1.82, 2.24) is 9.55 Å². The minimum absolute atomic E-state index is 0.283. The summed E-state index contributed by atoms with van der Waals surface area (Å²) in [6.07, 6.45) is 1.90. The maximum Gasteiger partial charge on any atom is 0.207 e. The van der Waals surface area contributed by atoms with E-state index in [1.807, 2.05) is 17.7 Å². The Hall–Kier alpha value is -1.40. The van der Waals surface area contributed by atoms with Crippen molar-refractivity contribution >= 4 is 21.9 Å². The molecule has 1 aromatic carbocycles. The van der Waals surface area contributed by atoms with E-state index in [9.17, 15) is 4.39 Å². The molecule has 0 unspecified atom stereocenters. The fraction of sp³-hybridized carbons (Fsp3) is 0.308. The third-order valence-electron chi connectivity index (χ3n) is 2.60. The van der Waals surface area contributed by atoms with Gasteiger partial charge in [0.1, 0.15) is 5.82 Å². The molecule has 1 N–H and O–H groups in total. The Morgan fingerprint density at radius 2 is 2.26 bits per heavy atom. The monoisotopic (exact) mass is 327 g/mol. The molecule has 0 saturated carbocycles. The number of aryl methyl sites for hydroxylation is 1. The number of ether oxygens (including phenoxy) is 1. The Labute approximate surface area is 119 Å². The van der Waals surface area contributed by atoms with Gasteiger partial charge in [-0.3, -0.25) is 4.57 Å². The van der Waals surface area contributed by atoms with Crippen molar-refractivity contribution in [1.29, 1.82) is 0 Å². The highest BCUT2D eigenvalue weighted by atomic mass is 79.9. The molecule has 0 fully saturated rings. The molecule has 0 atom stereocenters. The highest BCUT2D eigenvalue weighted by molar-refractivity contribution is 9.10. The minimum atomic E-state index is -0.283. The maximum atomic E-state index is 13.3.